The largest absolute Gasteiger partial charge is 0.350 e. The lowest BCUT2D eigenvalue weighted by atomic mass is 9.79. The maximum absolute atomic E-state index is 14.2. The van der Waals surface area contributed by atoms with E-state index in [0.29, 0.717) is 6.54 Å². The summed E-state index contributed by atoms with van der Waals surface area (Å²) in [7, 11) is -4.06. The molecule has 166 valence electrons. The van der Waals surface area contributed by atoms with Crippen LogP contribution in [0, 0.1) is 5.82 Å². The monoisotopic (exact) mass is 437 g/mol. The van der Waals surface area contributed by atoms with Gasteiger partial charge in [-0.15, -0.1) is 6.58 Å². The van der Waals surface area contributed by atoms with E-state index in [1.54, 1.807) is 0 Å². The van der Waals surface area contributed by atoms with Crippen LogP contribution >= 0.6 is 0 Å². The molecule has 1 aliphatic carbocycles. The van der Waals surface area contributed by atoms with Gasteiger partial charge < -0.3 is 5.32 Å². The molecule has 1 saturated carbocycles. The first-order valence-electron chi connectivity index (χ1n) is 10.8. The van der Waals surface area contributed by atoms with E-state index in [1.807, 2.05) is 0 Å². The summed E-state index contributed by atoms with van der Waals surface area (Å²) in [5, 5.41) is 3.01. The van der Waals surface area contributed by atoms with Crippen molar-refractivity contribution in [3.63, 3.8) is 0 Å². The number of hydrogen-bond donors (Lipinski definition) is 2. The number of amides is 1. The van der Waals surface area contributed by atoms with Gasteiger partial charge >= 0.3 is 0 Å². The second-order valence-corrected chi connectivity index (χ2v) is 10.0. The van der Waals surface area contributed by atoms with Crippen LogP contribution in [-0.2, 0) is 10.0 Å². The van der Waals surface area contributed by atoms with Crippen molar-refractivity contribution in [1.29, 1.82) is 0 Å². The minimum atomic E-state index is -4.06. The summed E-state index contributed by atoms with van der Waals surface area (Å²) in [5.74, 6) is -1.27. The van der Waals surface area contributed by atoms with Gasteiger partial charge in [0.05, 0.1) is 0 Å². The summed E-state index contributed by atoms with van der Waals surface area (Å²) in [6.45, 7) is 6.08. The zero-order valence-electron chi connectivity index (χ0n) is 17.5. The molecule has 1 heterocycles. The maximum atomic E-state index is 14.2. The zero-order chi connectivity index (χ0) is 21.6. The molecule has 0 radical (unpaired) electrons. The van der Waals surface area contributed by atoms with E-state index in [4.69, 9.17) is 0 Å². The van der Waals surface area contributed by atoms with Crippen molar-refractivity contribution in [2.45, 2.75) is 61.8 Å². The number of likely N-dealkylation sites (tertiary alicyclic amines) is 1. The Morgan fingerprint density at radius 3 is 2.47 bits per heavy atom. The number of carbonyl (C=O) groups is 1. The highest BCUT2D eigenvalue weighted by Gasteiger charge is 2.38. The van der Waals surface area contributed by atoms with Gasteiger partial charge in [0.1, 0.15) is 10.7 Å². The van der Waals surface area contributed by atoms with E-state index in [1.165, 1.54) is 37.8 Å². The third-order valence-electron chi connectivity index (χ3n) is 6.29. The van der Waals surface area contributed by atoms with Gasteiger partial charge in [0, 0.05) is 24.2 Å². The van der Waals surface area contributed by atoms with E-state index in [2.05, 4.69) is 21.5 Å². The fourth-order valence-corrected chi connectivity index (χ4v) is 5.73. The highest BCUT2D eigenvalue weighted by atomic mass is 32.2. The average molecular weight is 438 g/mol. The molecule has 0 atom stereocenters. The van der Waals surface area contributed by atoms with Gasteiger partial charge in [-0.3, -0.25) is 9.69 Å². The third-order valence-corrected chi connectivity index (χ3v) is 7.73. The van der Waals surface area contributed by atoms with E-state index in [0.717, 1.165) is 50.9 Å². The minimum Gasteiger partial charge on any atom is -0.350 e. The number of nitrogens with one attached hydrogen (secondary N) is 2. The van der Waals surface area contributed by atoms with Crippen LogP contribution in [0.25, 0.3) is 0 Å². The number of piperidine rings is 1. The molecule has 0 unspecified atom stereocenters. The third kappa shape index (κ3) is 5.28. The first-order valence-corrected chi connectivity index (χ1v) is 12.3. The van der Waals surface area contributed by atoms with Gasteiger partial charge in [-0.25, -0.2) is 17.5 Å². The first kappa shape index (κ1) is 22.9. The Labute approximate surface area is 179 Å². The molecule has 1 amide bonds. The summed E-state index contributed by atoms with van der Waals surface area (Å²) in [5.41, 5.74) is 0.106. The summed E-state index contributed by atoms with van der Waals surface area (Å²) in [4.78, 5) is 14.8. The van der Waals surface area contributed by atoms with Crippen molar-refractivity contribution in [2.24, 2.45) is 0 Å². The molecule has 3 rings (SSSR count). The zero-order valence-corrected chi connectivity index (χ0v) is 18.3. The highest BCUT2D eigenvalue weighted by molar-refractivity contribution is 7.89. The molecule has 30 heavy (non-hydrogen) atoms. The average Bonchev–Trinajstić information content (AvgIpc) is 2.77. The molecule has 1 saturated heterocycles. The van der Waals surface area contributed by atoms with Crippen molar-refractivity contribution in [3.8, 4) is 0 Å². The molecule has 0 aromatic heterocycles. The van der Waals surface area contributed by atoms with E-state index in [-0.39, 0.29) is 23.6 Å². The molecule has 0 bridgehead atoms. The maximum Gasteiger partial charge on any atom is 0.251 e. The number of halogens is 1. The molecule has 1 aliphatic heterocycles. The summed E-state index contributed by atoms with van der Waals surface area (Å²) >= 11 is 0. The minimum absolute atomic E-state index is 0.0173. The van der Waals surface area contributed by atoms with Crippen LogP contribution in [-0.4, -0.2) is 50.9 Å². The molecule has 6 nitrogen and oxygen atoms in total. The van der Waals surface area contributed by atoms with Gasteiger partial charge in [0.15, 0.2) is 0 Å². The van der Waals surface area contributed by atoms with Crippen molar-refractivity contribution in [1.82, 2.24) is 14.9 Å². The second-order valence-electron chi connectivity index (χ2n) is 8.30. The Morgan fingerprint density at radius 2 is 1.80 bits per heavy atom. The Bertz CT molecular complexity index is 860. The molecule has 2 N–H and O–H groups in total. The molecule has 2 aliphatic rings. The van der Waals surface area contributed by atoms with Crippen LogP contribution in [0.4, 0.5) is 4.39 Å². The lowest BCUT2D eigenvalue weighted by molar-refractivity contribution is 0.0326. The van der Waals surface area contributed by atoms with Gasteiger partial charge in [0.2, 0.25) is 10.0 Å². The summed E-state index contributed by atoms with van der Waals surface area (Å²) < 4.78 is 41.0. The number of sulfonamides is 1. The molecule has 8 heteroatoms. The number of hydrogen-bond acceptors (Lipinski definition) is 4. The molecule has 2 fully saturated rings. The van der Waals surface area contributed by atoms with Crippen molar-refractivity contribution in [3.05, 3.63) is 42.2 Å². The Kier molecular flexibility index (Phi) is 7.65. The highest BCUT2D eigenvalue weighted by Crippen LogP contribution is 2.35. The fourth-order valence-electron chi connectivity index (χ4n) is 4.63. The van der Waals surface area contributed by atoms with E-state index in [9.17, 15) is 17.6 Å². The molecule has 0 spiro atoms. The number of nitrogens with zero attached hydrogens (tertiary/aromatic N) is 1. The predicted molar refractivity (Wildman–Crippen MR) is 115 cm³/mol. The van der Waals surface area contributed by atoms with Crippen LogP contribution in [0.2, 0.25) is 0 Å². The lowest BCUT2D eigenvalue weighted by Crippen LogP contribution is -2.58. The first-order chi connectivity index (χ1) is 14.4. The smallest absolute Gasteiger partial charge is 0.251 e. The second kappa shape index (κ2) is 10.0. The van der Waals surface area contributed by atoms with Crippen LogP contribution in [0.15, 0.2) is 35.7 Å². The predicted octanol–water partition coefficient (Wildman–Crippen LogP) is 3.21. The van der Waals surface area contributed by atoms with Gasteiger partial charge in [0.25, 0.3) is 5.91 Å². The Hall–Kier alpha value is -1.77. The SMILES string of the molecule is C=CCNS(=O)(=O)c1cc(C(=O)NCC2(N3CCCCC3)CCCCC2)ccc1F. The van der Waals surface area contributed by atoms with Gasteiger partial charge in [-0.05, 0) is 57.0 Å². The lowest BCUT2D eigenvalue weighted by Gasteiger charge is -2.48. The standard InChI is InChI=1S/C22H32FN3O3S/c1-2-13-25-30(28,29)20-16-18(9-10-19(20)23)21(27)24-17-22(11-5-3-6-12-22)26-14-7-4-8-15-26/h2,9-10,16,25H,1,3-8,11-15,17H2,(H,24,27). The molecule has 1 aromatic carbocycles. The van der Waals surface area contributed by atoms with E-state index >= 15 is 0 Å². The van der Waals surface area contributed by atoms with Crippen LogP contribution < -0.4 is 10.0 Å². The van der Waals surface area contributed by atoms with Crippen molar-refractivity contribution in [2.75, 3.05) is 26.2 Å². The molecular formula is C22H32FN3O3S. The molecule has 1 aromatic rings. The molecular weight excluding hydrogens is 405 g/mol. The normalized spacial score (nSPS) is 19.9. The Morgan fingerprint density at radius 1 is 1.13 bits per heavy atom. The number of carbonyl (C=O) groups excluding carboxylic acids is 1. The van der Waals surface area contributed by atoms with Crippen LogP contribution in [0.5, 0.6) is 0 Å². The number of benzene rings is 1. The van der Waals surface area contributed by atoms with Gasteiger partial charge in [-0.1, -0.05) is 31.8 Å². The van der Waals surface area contributed by atoms with Crippen molar-refractivity contribution >= 4 is 15.9 Å². The van der Waals surface area contributed by atoms with Crippen LogP contribution in [0.3, 0.4) is 0 Å². The topological polar surface area (TPSA) is 78.5 Å². The van der Waals surface area contributed by atoms with Crippen LogP contribution in [0.1, 0.15) is 61.7 Å². The Balaban J connectivity index is 1.74. The van der Waals surface area contributed by atoms with Gasteiger partial charge in [-0.2, -0.15) is 0 Å². The summed E-state index contributed by atoms with van der Waals surface area (Å²) in [6, 6.07) is 3.45. The van der Waals surface area contributed by atoms with Crippen molar-refractivity contribution < 1.29 is 17.6 Å². The van der Waals surface area contributed by atoms with E-state index < -0.39 is 20.7 Å². The summed E-state index contributed by atoms with van der Waals surface area (Å²) in [6.07, 6.45) is 10.6. The quantitative estimate of drug-likeness (QED) is 0.612. The fraction of sp³-hybridized carbons (Fsp3) is 0.591. The number of rotatable bonds is 8.